The maximum atomic E-state index is 6.62. The number of rotatable bonds is 1. The SMILES string of the molecule is CC1(C)CC2(CCO1)Oc1ccc(Br)cc1C1CC(c3ccco3)=NN12. The van der Waals surface area contributed by atoms with Crippen molar-refractivity contribution in [2.45, 2.75) is 50.5 Å². The molecular weight excluding hydrogens is 396 g/mol. The van der Waals surface area contributed by atoms with Crippen LogP contribution in [0.2, 0.25) is 0 Å². The van der Waals surface area contributed by atoms with Crippen molar-refractivity contribution >= 4 is 21.6 Å². The monoisotopic (exact) mass is 416 g/mol. The Morgan fingerprint density at radius 1 is 1.27 bits per heavy atom. The summed E-state index contributed by atoms with van der Waals surface area (Å²) in [6.07, 6.45) is 4.06. The van der Waals surface area contributed by atoms with Crippen LogP contribution in [0.3, 0.4) is 0 Å². The molecule has 0 amide bonds. The van der Waals surface area contributed by atoms with E-state index in [-0.39, 0.29) is 11.6 Å². The Balaban J connectivity index is 1.63. The third-order valence-corrected chi connectivity index (χ3v) is 5.94. The normalized spacial score (nSPS) is 29.1. The molecule has 3 aliphatic rings. The summed E-state index contributed by atoms with van der Waals surface area (Å²) in [7, 11) is 0. The van der Waals surface area contributed by atoms with Gasteiger partial charge in [0.2, 0.25) is 5.72 Å². The highest BCUT2D eigenvalue weighted by atomic mass is 79.9. The first-order valence-electron chi connectivity index (χ1n) is 8.99. The molecule has 0 aliphatic carbocycles. The van der Waals surface area contributed by atoms with Gasteiger partial charge in [-0.05, 0) is 44.2 Å². The minimum absolute atomic E-state index is 0.144. The molecule has 2 aromatic rings. The maximum Gasteiger partial charge on any atom is 0.203 e. The zero-order chi connectivity index (χ0) is 17.9. The van der Waals surface area contributed by atoms with Crippen LogP contribution in [0, 0.1) is 0 Å². The van der Waals surface area contributed by atoms with Crippen molar-refractivity contribution in [3.05, 3.63) is 52.4 Å². The summed E-state index contributed by atoms with van der Waals surface area (Å²) in [6, 6.07) is 10.3. The Kier molecular flexibility index (Phi) is 3.53. The Morgan fingerprint density at radius 2 is 2.15 bits per heavy atom. The number of nitrogens with zero attached hydrogens (tertiary/aromatic N) is 2. The van der Waals surface area contributed by atoms with Crippen molar-refractivity contribution in [1.82, 2.24) is 5.01 Å². The first-order chi connectivity index (χ1) is 12.5. The van der Waals surface area contributed by atoms with Gasteiger partial charge >= 0.3 is 0 Å². The zero-order valence-electron chi connectivity index (χ0n) is 14.9. The van der Waals surface area contributed by atoms with Gasteiger partial charge in [-0.1, -0.05) is 15.9 Å². The second-order valence-electron chi connectivity index (χ2n) is 7.85. The second-order valence-corrected chi connectivity index (χ2v) is 8.77. The molecule has 2 atom stereocenters. The molecule has 136 valence electrons. The molecule has 0 bridgehead atoms. The highest BCUT2D eigenvalue weighted by Gasteiger charge is 2.54. The average molecular weight is 417 g/mol. The van der Waals surface area contributed by atoms with E-state index < -0.39 is 5.72 Å². The molecule has 0 N–H and O–H groups in total. The smallest absolute Gasteiger partial charge is 0.203 e. The Hall–Kier alpha value is -1.79. The van der Waals surface area contributed by atoms with Crippen LogP contribution in [-0.4, -0.2) is 28.7 Å². The molecule has 1 spiro atoms. The van der Waals surface area contributed by atoms with Crippen LogP contribution in [-0.2, 0) is 4.74 Å². The molecule has 3 aliphatic heterocycles. The second kappa shape index (κ2) is 5.60. The lowest BCUT2D eigenvalue weighted by atomic mass is 9.86. The fraction of sp³-hybridized carbons (Fsp3) is 0.450. The van der Waals surface area contributed by atoms with Crippen molar-refractivity contribution in [2.75, 3.05) is 6.61 Å². The summed E-state index contributed by atoms with van der Waals surface area (Å²) in [4.78, 5) is 0. The lowest BCUT2D eigenvalue weighted by Crippen LogP contribution is -2.60. The number of ether oxygens (including phenoxy) is 2. The van der Waals surface area contributed by atoms with Gasteiger partial charge in [0, 0.05) is 29.3 Å². The number of furan rings is 1. The summed E-state index contributed by atoms with van der Waals surface area (Å²) in [5.74, 6) is 1.78. The predicted molar refractivity (Wildman–Crippen MR) is 101 cm³/mol. The van der Waals surface area contributed by atoms with Gasteiger partial charge in [0.05, 0.1) is 24.5 Å². The minimum Gasteiger partial charge on any atom is -0.466 e. The Labute approximate surface area is 161 Å². The third kappa shape index (κ3) is 2.50. The number of hydrogen-bond acceptors (Lipinski definition) is 5. The fourth-order valence-corrected chi connectivity index (χ4v) is 4.80. The minimum atomic E-state index is -0.485. The molecule has 4 heterocycles. The largest absolute Gasteiger partial charge is 0.466 e. The average Bonchev–Trinajstić information content (AvgIpc) is 3.24. The van der Waals surface area contributed by atoms with E-state index in [0.29, 0.717) is 6.61 Å². The van der Waals surface area contributed by atoms with Crippen LogP contribution in [0.1, 0.15) is 50.5 Å². The fourth-order valence-electron chi connectivity index (χ4n) is 4.42. The van der Waals surface area contributed by atoms with Crippen molar-refractivity contribution in [3.8, 4) is 5.75 Å². The molecule has 1 saturated heterocycles. The molecule has 5 rings (SSSR count). The molecule has 5 nitrogen and oxygen atoms in total. The van der Waals surface area contributed by atoms with Gasteiger partial charge in [0.25, 0.3) is 0 Å². The van der Waals surface area contributed by atoms with Crippen LogP contribution in [0.25, 0.3) is 0 Å². The van der Waals surface area contributed by atoms with Crippen molar-refractivity contribution < 1.29 is 13.9 Å². The summed E-state index contributed by atoms with van der Waals surface area (Å²) >= 11 is 3.60. The van der Waals surface area contributed by atoms with E-state index in [1.807, 2.05) is 18.2 Å². The van der Waals surface area contributed by atoms with Crippen LogP contribution < -0.4 is 4.74 Å². The highest BCUT2D eigenvalue weighted by molar-refractivity contribution is 9.10. The number of hydrazone groups is 1. The van der Waals surface area contributed by atoms with Gasteiger partial charge < -0.3 is 13.9 Å². The standard InChI is InChI=1S/C20H21BrN2O3/c1-19(2)12-20(7-9-25-19)23-16(11-15(22-23)18-4-3-8-24-18)14-10-13(21)5-6-17(14)26-20/h3-6,8,10,16H,7,9,11-12H2,1-2H3. The van der Waals surface area contributed by atoms with Crippen molar-refractivity contribution in [3.63, 3.8) is 0 Å². The first kappa shape index (κ1) is 16.4. The summed E-state index contributed by atoms with van der Waals surface area (Å²) in [6.45, 7) is 4.90. The molecular formula is C20H21BrN2O3. The van der Waals surface area contributed by atoms with Gasteiger partial charge in [-0.25, -0.2) is 5.01 Å². The van der Waals surface area contributed by atoms with E-state index in [4.69, 9.17) is 19.0 Å². The van der Waals surface area contributed by atoms with Crippen LogP contribution >= 0.6 is 15.9 Å². The Morgan fingerprint density at radius 3 is 2.92 bits per heavy atom. The number of fused-ring (bicyclic) bond motifs is 4. The number of halogens is 1. The van der Waals surface area contributed by atoms with E-state index in [1.165, 1.54) is 5.56 Å². The molecule has 2 unspecified atom stereocenters. The lowest BCUT2D eigenvalue weighted by Gasteiger charge is -2.52. The van der Waals surface area contributed by atoms with E-state index in [2.05, 4.69) is 46.9 Å². The van der Waals surface area contributed by atoms with E-state index in [1.54, 1.807) is 6.26 Å². The van der Waals surface area contributed by atoms with Gasteiger partial charge in [-0.2, -0.15) is 5.10 Å². The molecule has 1 aromatic heterocycles. The molecule has 26 heavy (non-hydrogen) atoms. The zero-order valence-corrected chi connectivity index (χ0v) is 16.5. The maximum absolute atomic E-state index is 6.62. The Bertz CT molecular complexity index is 877. The van der Waals surface area contributed by atoms with Crippen LogP contribution in [0.4, 0.5) is 0 Å². The van der Waals surface area contributed by atoms with E-state index in [9.17, 15) is 0 Å². The third-order valence-electron chi connectivity index (χ3n) is 5.45. The summed E-state index contributed by atoms with van der Waals surface area (Å²) in [5, 5.41) is 7.15. The van der Waals surface area contributed by atoms with E-state index in [0.717, 1.165) is 41.0 Å². The predicted octanol–water partition coefficient (Wildman–Crippen LogP) is 4.87. The highest BCUT2D eigenvalue weighted by Crippen LogP contribution is 2.52. The van der Waals surface area contributed by atoms with Gasteiger partial charge in [0.15, 0.2) is 0 Å². The molecule has 1 aromatic carbocycles. The number of hydrogen-bond donors (Lipinski definition) is 0. The van der Waals surface area contributed by atoms with Gasteiger partial charge in [-0.15, -0.1) is 0 Å². The van der Waals surface area contributed by atoms with Gasteiger partial charge in [0.1, 0.15) is 17.2 Å². The van der Waals surface area contributed by atoms with Crippen LogP contribution in [0.15, 0.2) is 50.6 Å². The molecule has 0 saturated carbocycles. The topological polar surface area (TPSA) is 47.2 Å². The summed E-state index contributed by atoms with van der Waals surface area (Å²) < 4.78 is 19.3. The van der Waals surface area contributed by atoms with Crippen molar-refractivity contribution in [1.29, 1.82) is 0 Å². The van der Waals surface area contributed by atoms with Crippen LogP contribution in [0.5, 0.6) is 5.75 Å². The molecule has 6 heteroatoms. The number of benzene rings is 1. The quantitative estimate of drug-likeness (QED) is 0.664. The van der Waals surface area contributed by atoms with Gasteiger partial charge in [-0.3, -0.25) is 0 Å². The first-order valence-corrected chi connectivity index (χ1v) is 9.78. The van der Waals surface area contributed by atoms with E-state index >= 15 is 0 Å². The molecule has 0 radical (unpaired) electrons. The lowest BCUT2D eigenvalue weighted by molar-refractivity contribution is -0.212. The van der Waals surface area contributed by atoms with Crippen molar-refractivity contribution in [2.24, 2.45) is 5.10 Å². The molecule has 1 fully saturated rings. The summed E-state index contributed by atoms with van der Waals surface area (Å²) in [5.41, 5.74) is 1.40.